The zero-order chi connectivity index (χ0) is 21.4. The second-order valence-corrected chi connectivity index (χ2v) is 8.19. The Hall–Kier alpha value is -2.81. The Morgan fingerprint density at radius 1 is 1.06 bits per heavy atom. The predicted octanol–water partition coefficient (Wildman–Crippen LogP) is 2.79. The van der Waals surface area contributed by atoms with Gasteiger partial charge in [-0.1, -0.05) is 23.7 Å². The van der Waals surface area contributed by atoms with Crippen LogP contribution in [0, 0.1) is 6.92 Å². The van der Waals surface area contributed by atoms with E-state index in [9.17, 15) is 4.79 Å². The fourth-order valence-corrected chi connectivity index (χ4v) is 4.24. The summed E-state index contributed by atoms with van der Waals surface area (Å²) >= 11 is 6.03. The fraction of sp³-hybridized carbons (Fsp3) is 0.364. The molecule has 0 bridgehead atoms. The lowest BCUT2D eigenvalue weighted by Gasteiger charge is -2.26. The Bertz CT molecular complexity index is 1290. The van der Waals surface area contributed by atoms with Gasteiger partial charge in [0.25, 0.3) is 5.56 Å². The van der Waals surface area contributed by atoms with Crippen molar-refractivity contribution >= 4 is 28.3 Å². The van der Waals surface area contributed by atoms with Crippen LogP contribution in [0.1, 0.15) is 12.1 Å². The van der Waals surface area contributed by atoms with Crippen LogP contribution in [0.25, 0.3) is 27.8 Å². The first-order valence-corrected chi connectivity index (χ1v) is 10.8. The van der Waals surface area contributed by atoms with Crippen LogP contribution in [0.5, 0.6) is 0 Å². The van der Waals surface area contributed by atoms with Crippen LogP contribution < -0.4 is 5.56 Å². The summed E-state index contributed by atoms with van der Waals surface area (Å²) in [4.78, 5) is 15.4. The Morgan fingerprint density at radius 2 is 1.84 bits per heavy atom. The van der Waals surface area contributed by atoms with Crippen molar-refractivity contribution < 1.29 is 4.74 Å². The van der Waals surface area contributed by atoms with Gasteiger partial charge in [0.1, 0.15) is 5.52 Å². The largest absolute Gasteiger partial charge is 0.379 e. The van der Waals surface area contributed by atoms with E-state index in [0.29, 0.717) is 28.2 Å². The number of benzene rings is 1. The van der Waals surface area contributed by atoms with Crippen LogP contribution in [-0.2, 0) is 11.3 Å². The average Bonchev–Trinajstić information content (AvgIpc) is 3.13. The van der Waals surface area contributed by atoms with Crippen molar-refractivity contribution in [2.45, 2.75) is 19.9 Å². The first kappa shape index (κ1) is 20.1. The number of nitrogens with zero attached hydrogens (tertiary/aromatic N) is 6. The van der Waals surface area contributed by atoms with Crippen molar-refractivity contribution in [3.63, 3.8) is 0 Å². The zero-order valence-electron chi connectivity index (χ0n) is 17.3. The highest BCUT2D eigenvalue weighted by atomic mass is 35.5. The number of pyridine rings is 1. The third-order valence-electron chi connectivity index (χ3n) is 5.74. The van der Waals surface area contributed by atoms with E-state index in [4.69, 9.17) is 16.3 Å². The molecule has 31 heavy (non-hydrogen) atoms. The highest BCUT2D eigenvalue weighted by Crippen LogP contribution is 2.28. The van der Waals surface area contributed by atoms with E-state index in [1.165, 1.54) is 0 Å². The van der Waals surface area contributed by atoms with E-state index >= 15 is 0 Å². The van der Waals surface area contributed by atoms with Gasteiger partial charge in [-0.25, -0.2) is 4.52 Å². The number of aromatic nitrogens is 5. The Kier molecular flexibility index (Phi) is 5.43. The molecule has 1 fully saturated rings. The number of fused-ring (bicyclic) bond motifs is 3. The van der Waals surface area contributed by atoms with Crippen molar-refractivity contribution in [3.05, 3.63) is 57.6 Å². The number of hydrogen-bond acceptors (Lipinski definition) is 6. The standard InChI is InChI=1S/C22H23ClN6O2/c1-15-19(16-3-5-17(23)6-4-16)21-25-24-20-18(29(21)26-15)7-10-28(22(20)30)9-2-8-27-11-13-31-14-12-27/h3-7,10H,2,8-9,11-14H2,1H3. The van der Waals surface area contributed by atoms with Crippen LogP contribution in [-0.4, -0.2) is 62.1 Å². The van der Waals surface area contributed by atoms with Crippen molar-refractivity contribution in [1.82, 2.24) is 29.3 Å². The van der Waals surface area contributed by atoms with Gasteiger partial charge >= 0.3 is 0 Å². The molecule has 0 atom stereocenters. The molecular weight excluding hydrogens is 416 g/mol. The van der Waals surface area contributed by atoms with E-state index < -0.39 is 0 Å². The molecule has 0 aliphatic carbocycles. The Morgan fingerprint density at radius 3 is 2.61 bits per heavy atom. The van der Waals surface area contributed by atoms with Gasteiger partial charge < -0.3 is 9.30 Å². The molecule has 1 aromatic carbocycles. The monoisotopic (exact) mass is 438 g/mol. The summed E-state index contributed by atoms with van der Waals surface area (Å²) < 4.78 is 8.80. The molecule has 0 N–H and O–H groups in total. The van der Waals surface area contributed by atoms with Gasteiger partial charge in [0, 0.05) is 37.4 Å². The molecule has 0 saturated carbocycles. The number of morpholine rings is 1. The molecule has 9 heteroatoms. The lowest BCUT2D eigenvalue weighted by molar-refractivity contribution is 0.0369. The van der Waals surface area contributed by atoms with Gasteiger partial charge in [-0.15, -0.1) is 10.2 Å². The molecule has 4 heterocycles. The first-order valence-electron chi connectivity index (χ1n) is 10.4. The van der Waals surface area contributed by atoms with Gasteiger partial charge in [-0.2, -0.15) is 5.10 Å². The molecule has 5 rings (SSSR count). The smallest absolute Gasteiger partial charge is 0.280 e. The normalized spacial score (nSPS) is 15.2. The minimum atomic E-state index is -0.143. The summed E-state index contributed by atoms with van der Waals surface area (Å²) in [5.74, 6) is 0. The van der Waals surface area contributed by atoms with Crippen molar-refractivity contribution in [1.29, 1.82) is 0 Å². The summed E-state index contributed by atoms with van der Waals surface area (Å²) in [6.07, 6.45) is 2.72. The molecule has 1 aliphatic rings. The minimum Gasteiger partial charge on any atom is -0.379 e. The number of hydrogen-bond donors (Lipinski definition) is 0. The van der Waals surface area contributed by atoms with Crippen molar-refractivity contribution in [2.24, 2.45) is 0 Å². The lowest BCUT2D eigenvalue weighted by Crippen LogP contribution is -2.37. The van der Waals surface area contributed by atoms with E-state index in [1.807, 2.05) is 43.5 Å². The van der Waals surface area contributed by atoms with Crippen LogP contribution in [0.15, 0.2) is 41.3 Å². The van der Waals surface area contributed by atoms with Gasteiger partial charge in [0.05, 0.1) is 24.5 Å². The molecule has 1 aliphatic heterocycles. The minimum absolute atomic E-state index is 0.143. The van der Waals surface area contributed by atoms with Crippen molar-refractivity contribution in [3.8, 4) is 11.1 Å². The van der Waals surface area contributed by atoms with E-state index in [-0.39, 0.29) is 5.56 Å². The molecule has 4 aromatic rings. The van der Waals surface area contributed by atoms with Gasteiger partial charge in [-0.05, 0) is 37.1 Å². The maximum Gasteiger partial charge on any atom is 0.280 e. The zero-order valence-corrected chi connectivity index (χ0v) is 18.0. The van der Waals surface area contributed by atoms with Crippen LogP contribution in [0.2, 0.25) is 5.02 Å². The molecule has 0 unspecified atom stereocenters. The maximum absolute atomic E-state index is 13.0. The Balaban J connectivity index is 1.47. The van der Waals surface area contributed by atoms with Gasteiger partial charge in [0.15, 0.2) is 11.2 Å². The molecule has 160 valence electrons. The summed E-state index contributed by atoms with van der Waals surface area (Å²) in [7, 11) is 0. The van der Waals surface area contributed by atoms with Crippen LogP contribution in [0.4, 0.5) is 0 Å². The van der Waals surface area contributed by atoms with Crippen LogP contribution in [0.3, 0.4) is 0 Å². The average molecular weight is 439 g/mol. The molecule has 0 spiro atoms. The quantitative estimate of drug-likeness (QED) is 0.477. The topological polar surface area (TPSA) is 77.5 Å². The van der Waals surface area contributed by atoms with E-state index in [2.05, 4.69) is 20.2 Å². The summed E-state index contributed by atoms with van der Waals surface area (Å²) in [5, 5.41) is 14.0. The number of aryl methyl sites for hydroxylation is 2. The number of rotatable bonds is 5. The maximum atomic E-state index is 13.0. The van der Waals surface area contributed by atoms with Crippen molar-refractivity contribution in [2.75, 3.05) is 32.8 Å². The Labute approximate surface area is 184 Å². The number of halogens is 1. The van der Waals surface area contributed by atoms with E-state index in [0.717, 1.165) is 56.1 Å². The second kappa shape index (κ2) is 8.37. The summed E-state index contributed by atoms with van der Waals surface area (Å²) in [5.41, 5.74) is 4.13. The first-order chi connectivity index (χ1) is 15.1. The number of ether oxygens (including phenoxy) is 1. The lowest BCUT2D eigenvalue weighted by atomic mass is 10.1. The molecule has 0 amide bonds. The third kappa shape index (κ3) is 3.82. The molecule has 0 radical (unpaired) electrons. The molecule has 1 saturated heterocycles. The fourth-order valence-electron chi connectivity index (χ4n) is 4.11. The van der Waals surface area contributed by atoms with Gasteiger partial charge in [0.2, 0.25) is 0 Å². The van der Waals surface area contributed by atoms with Crippen LogP contribution >= 0.6 is 11.6 Å². The summed E-state index contributed by atoms with van der Waals surface area (Å²) in [6, 6.07) is 9.44. The molecule has 8 nitrogen and oxygen atoms in total. The third-order valence-corrected chi connectivity index (χ3v) is 5.99. The highest BCUT2D eigenvalue weighted by molar-refractivity contribution is 6.30. The highest BCUT2D eigenvalue weighted by Gasteiger charge is 2.17. The van der Waals surface area contributed by atoms with Gasteiger partial charge in [-0.3, -0.25) is 9.69 Å². The van der Waals surface area contributed by atoms with E-state index in [1.54, 1.807) is 9.08 Å². The predicted molar refractivity (Wildman–Crippen MR) is 120 cm³/mol. The molecular formula is C22H23ClN6O2. The molecule has 3 aromatic heterocycles. The SMILES string of the molecule is Cc1nn2c(nnc3c(=O)n(CCCN4CCOCC4)ccc32)c1-c1ccc(Cl)cc1. The summed E-state index contributed by atoms with van der Waals surface area (Å²) in [6.45, 7) is 6.97. The second-order valence-electron chi connectivity index (χ2n) is 7.76.